The number of carbonyl (C=O) groups is 24. The van der Waals surface area contributed by atoms with E-state index in [0.29, 0.717) is 80.0 Å². The Labute approximate surface area is 835 Å². The number of hydrogen-bond donors (Lipinski definition) is 0. The second-order valence-electron chi connectivity index (χ2n) is 31.7. The molecule has 4 fully saturated rings. The van der Waals surface area contributed by atoms with Gasteiger partial charge in [0.25, 0.3) is 70.9 Å². The maximum absolute atomic E-state index is 12.7. The van der Waals surface area contributed by atoms with Crippen LogP contribution in [0.3, 0.4) is 0 Å². The van der Waals surface area contributed by atoms with Crippen molar-refractivity contribution in [3.8, 4) is 46.0 Å². The van der Waals surface area contributed by atoms with Gasteiger partial charge in [0.1, 0.15) is 46.0 Å². The first kappa shape index (κ1) is 107. The van der Waals surface area contributed by atoms with Crippen LogP contribution >= 0.6 is 0 Å². The van der Waals surface area contributed by atoms with Crippen LogP contribution in [-0.2, 0) is 115 Å². The summed E-state index contributed by atoms with van der Waals surface area (Å²) in [5, 5.41) is 0. The summed E-state index contributed by atoms with van der Waals surface area (Å²) < 4.78 is 39.3. The minimum atomic E-state index is -0.607. The molecule has 4 unspecified atom stereocenters. The number of nitrogens with zero attached hydrogens (tertiary/aromatic N) is 8. The van der Waals surface area contributed by atoms with Gasteiger partial charge in [0.15, 0.2) is 0 Å². The summed E-state index contributed by atoms with van der Waals surface area (Å²) in [5.74, 6) is -7.14. The van der Waals surface area contributed by atoms with Crippen LogP contribution in [-0.4, -0.2) is 142 Å². The van der Waals surface area contributed by atoms with Gasteiger partial charge in [-0.2, -0.15) is 0 Å². The molecular weight excluding hydrogens is 1910 g/mol. The predicted molar refractivity (Wildman–Crippen MR) is 521 cm³/mol. The lowest BCUT2D eigenvalue weighted by Crippen LogP contribution is -2.32. The first-order valence-electron chi connectivity index (χ1n) is 43.7. The fourth-order valence-electron chi connectivity index (χ4n) is 14.9. The number of ether oxygens (including phenoxy) is 8. The normalized spacial score (nSPS) is 17.0. The molecular formula is C107H84N8O32. The number of hydrogen-bond acceptors (Lipinski definition) is 32. The van der Waals surface area contributed by atoms with Crippen LogP contribution < -0.4 is 77.1 Å². The van der Waals surface area contributed by atoms with Gasteiger partial charge in [0, 0.05) is 149 Å². The van der Waals surface area contributed by atoms with E-state index in [2.05, 4.69) is 45.0 Å². The summed E-state index contributed by atoms with van der Waals surface area (Å²) in [4.78, 5) is 282. The first-order chi connectivity index (χ1) is 69.9. The highest BCUT2D eigenvalue weighted by Gasteiger charge is 2.60. The van der Waals surface area contributed by atoms with Gasteiger partial charge >= 0.3 is 47.8 Å². The summed E-state index contributed by atoms with van der Waals surface area (Å²) in [6, 6.07) is 49.6. The largest absolute Gasteiger partial charge is 0.427 e. The molecule has 2 bridgehead atoms. The van der Waals surface area contributed by atoms with Crippen LogP contribution in [0.1, 0.15) is 60.8 Å². The Morgan fingerprint density at radius 3 is 0.741 bits per heavy atom. The molecule has 0 aromatic heterocycles. The van der Waals surface area contributed by atoms with Gasteiger partial charge in [-0.15, -0.1) is 0 Å². The highest BCUT2D eigenvalue weighted by Crippen LogP contribution is 2.53. The highest BCUT2D eigenvalue weighted by molar-refractivity contribution is 6.33. The van der Waals surface area contributed by atoms with Crippen LogP contribution in [0.4, 0.5) is 45.5 Å². The Kier molecular flexibility index (Phi) is 35.1. The molecule has 10 aliphatic rings. The summed E-state index contributed by atoms with van der Waals surface area (Å²) in [6.07, 6.45) is 19.2. The van der Waals surface area contributed by atoms with Gasteiger partial charge in [-0.05, 0) is 171 Å². The fourth-order valence-corrected chi connectivity index (χ4v) is 14.9. The third kappa shape index (κ3) is 27.3. The van der Waals surface area contributed by atoms with E-state index in [1.807, 2.05) is 0 Å². The number of anilines is 8. The Morgan fingerprint density at radius 1 is 0.272 bits per heavy atom. The summed E-state index contributed by atoms with van der Waals surface area (Å²) in [5.41, 5.74) is 4.15. The Morgan fingerprint density at radius 2 is 0.490 bits per heavy atom. The molecule has 8 aromatic rings. The predicted octanol–water partition coefficient (Wildman–Crippen LogP) is 10.9. The van der Waals surface area contributed by atoms with Crippen molar-refractivity contribution < 1.29 is 153 Å². The van der Waals surface area contributed by atoms with E-state index in [9.17, 15) is 115 Å². The molecule has 0 radical (unpaired) electrons. The second-order valence-corrected chi connectivity index (χ2v) is 31.7. The van der Waals surface area contributed by atoms with E-state index in [1.54, 1.807) is 110 Å². The average molecular weight is 1990 g/mol. The molecule has 40 heteroatoms. The van der Waals surface area contributed by atoms with E-state index in [1.165, 1.54) is 191 Å². The van der Waals surface area contributed by atoms with Gasteiger partial charge in [-0.25, -0.2) is 53.6 Å². The zero-order valence-corrected chi connectivity index (χ0v) is 78.7. The quantitative estimate of drug-likeness (QED) is 0.0238. The third-order valence-electron chi connectivity index (χ3n) is 21.1. The summed E-state index contributed by atoms with van der Waals surface area (Å²) in [6.45, 7) is 25.1. The summed E-state index contributed by atoms with van der Waals surface area (Å²) in [7, 11) is 0. The van der Waals surface area contributed by atoms with Crippen LogP contribution in [0, 0.1) is 23.7 Å². The molecule has 8 heterocycles. The number of rotatable bonds is 19. The number of esters is 8. The molecule has 744 valence electrons. The van der Waals surface area contributed by atoms with Crippen molar-refractivity contribution in [2.24, 2.45) is 23.7 Å². The summed E-state index contributed by atoms with van der Waals surface area (Å²) >= 11 is 0. The van der Waals surface area contributed by atoms with Crippen LogP contribution in [0.15, 0.2) is 329 Å². The van der Waals surface area contributed by atoms with Crippen molar-refractivity contribution in [1.82, 2.24) is 0 Å². The van der Waals surface area contributed by atoms with Crippen molar-refractivity contribution in [3.63, 3.8) is 0 Å². The van der Waals surface area contributed by atoms with Crippen LogP contribution in [0.2, 0.25) is 0 Å². The van der Waals surface area contributed by atoms with E-state index in [0.717, 1.165) is 52.9 Å². The van der Waals surface area contributed by atoms with Gasteiger partial charge < -0.3 is 37.9 Å². The molecule has 8 aliphatic heterocycles. The smallest absolute Gasteiger partial charge is 0.338 e. The number of amides is 16. The van der Waals surface area contributed by atoms with E-state index < -0.39 is 101 Å². The number of imide groups is 8. The molecule has 0 spiro atoms. The van der Waals surface area contributed by atoms with Gasteiger partial charge in [0.2, 0.25) is 23.6 Å². The van der Waals surface area contributed by atoms with Crippen LogP contribution in [0.25, 0.3) is 0 Å². The zero-order chi connectivity index (χ0) is 107. The minimum Gasteiger partial charge on any atom is -0.427 e. The molecule has 147 heavy (non-hydrogen) atoms. The van der Waals surface area contributed by atoms with Gasteiger partial charge in [-0.3, -0.25) is 101 Å². The Hall–Kier alpha value is -20.2. The monoisotopic (exact) mass is 1990 g/mol. The van der Waals surface area contributed by atoms with Gasteiger partial charge in [0.05, 0.1) is 70.2 Å². The van der Waals surface area contributed by atoms with E-state index in [4.69, 9.17) is 37.9 Å². The average Bonchev–Trinajstić information content (AvgIpc) is 1.56. The molecule has 16 amide bonds. The molecule has 8 aromatic carbocycles. The topological polar surface area (TPSA) is 509 Å². The third-order valence-corrected chi connectivity index (χ3v) is 21.1. The molecule has 4 atom stereocenters. The maximum atomic E-state index is 12.7. The molecule has 1 saturated carbocycles. The maximum Gasteiger partial charge on any atom is 0.338 e. The number of benzene rings is 8. The lowest BCUT2D eigenvalue weighted by atomic mass is 9.85. The van der Waals surface area contributed by atoms with Crippen molar-refractivity contribution >= 4 is 188 Å². The fraction of sp³-hybridized carbons (Fsp3) is 0.121. The van der Waals surface area contributed by atoms with Crippen molar-refractivity contribution in [2.75, 3.05) is 39.2 Å². The molecule has 2 aliphatic carbocycles. The minimum absolute atomic E-state index is 0.0244. The van der Waals surface area contributed by atoms with Crippen molar-refractivity contribution in [1.29, 1.82) is 0 Å². The Balaban J connectivity index is 0.000000160. The van der Waals surface area contributed by atoms with E-state index >= 15 is 0 Å². The van der Waals surface area contributed by atoms with Crippen molar-refractivity contribution in [3.05, 3.63) is 329 Å². The highest BCUT2D eigenvalue weighted by atomic mass is 16.6. The van der Waals surface area contributed by atoms with Gasteiger partial charge in [-0.1, -0.05) is 69.3 Å². The first-order valence-corrected chi connectivity index (χ1v) is 43.7. The SMILES string of the molecule is C=C(C)C(=O)Oc1ccc(N2C(=O)C=CC2=O)cc1.C=C1CC(=O)N(c2ccc(OC(C)=O)cc2)C1=O.C=C1CC(=O)N(c2cccc(OC(C)=O)c2)C1=O.C=CC(=O)Oc1ccc(N2C(=O)C=CC2=O)cc1.C=CC(=O)Oc1cccc(N2C(=O)C=CC2=O)c1.CC(=O)Oc1ccc(N2C(=O)C=CC2=O)cc1.CC(=O)Oc1cccc(N2C(=O)C3C4C=CC(C4)C3C2=O)c1.CC(=O)Oc1cccc(N2C(=O)C=CC2=O)c1. The van der Waals surface area contributed by atoms with Crippen LogP contribution in [0.5, 0.6) is 46.0 Å². The number of carbonyl (C=O) groups excluding carboxylic acids is 24. The molecule has 3 saturated heterocycles. The zero-order valence-electron chi connectivity index (χ0n) is 78.7. The lowest BCUT2D eigenvalue weighted by Gasteiger charge is -2.17. The molecule has 40 nitrogen and oxygen atoms in total. The second kappa shape index (κ2) is 48.1. The number of allylic oxidation sites excluding steroid dienone is 2. The van der Waals surface area contributed by atoms with E-state index in [-0.39, 0.29) is 106 Å². The standard InChI is InChI=1S/C17H15NO4.C14H11NO4.2C13H11NO4.2C13H9NO4.2C12H9NO4/c1-9(19)22-13-4-2-3-12(8-13)18-16(20)14-10-5-6-11(7-10)15(14)17(18)21;1-9(2)14(18)19-11-5-3-10(4-6-11)15-12(16)7-8-13(15)17;1-8-7-12(16)14(13(8)17)10-3-5-11(6-4-10)18-9(2)15;1-8-6-12(16)14(13(8)17)10-4-3-5-11(7-10)18-9(2)15;1-2-13(17)18-10-5-3-9(4-6-10)14-11(15)7-8-12(14)16;1-2-13(17)18-10-5-3-4-9(8-10)14-11(15)6-7-12(14)16;1-8(14)17-10-4-2-9(3-5-10)13-11(15)6-7-12(13)16;1-8(14)17-10-4-2-3-9(7-10)13-11(15)5-6-12(13)16/h2-6,8,10-11,14-15H,7H2,1H3;3-8H,1H2,2H3;3-6H,1,7H2,2H3;3-5,7H,1,6H2,2H3;2*2-8H,1H2;2*2-7H,1H3. The Bertz CT molecular complexity index is 7000. The number of fused-ring (bicyclic) bond motifs is 5. The molecule has 18 rings (SSSR count). The molecule has 0 N–H and O–H groups in total. The van der Waals surface area contributed by atoms with Crippen molar-refractivity contribution in [2.45, 2.75) is 60.8 Å². The lowest BCUT2D eigenvalue weighted by molar-refractivity contribution is -0.132.